The number of H-pyrrole nitrogens is 2. The van der Waals surface area contributed by atoms with E-state index in [1.807, 2.05) is 30.3 Å². The van der Waals surface area contributed by atoms with Gasteiger partial charge in [0.15, 0.2) is 11.4 Å². The number of halogens is 1. The number of rotatable bonds is 4. The Kier molecular flexibility index (Phi) is 6.68. The third-order valence-electron chi connectivity index (χ3n) is 5.29. The van der Waals surface area contributed by atoms with Crippen LogP contribution in [0, 0.1) is 6.57 Å². The van der Waals surface area contributed by atoms with Gasteiger partial charge in [0.1, 0.15) is 17.8 Å². The highest BCUT2D eigenvalue weighted by molar-refractivity contribution is 6.45. The topological polar surface area (TPSA) is 93.8 Å². The van der Waals surface area contributed by atoms with Gasteiger partial charge in [0.2, 0.25) is 0 Å². The molecule has 1 amide bonds. The highest BCUT2D eigenvalue weighted by Gasteiger charge is 2.31. The van der Waals surface area contributed by atoms with Gasteiger partial charge in [-0.1, -0.05) is 41.0 Å². The summed E-state index contributed by atoms with van der Waals surface area (Å²) in [5.41, 5.74) is 3.30. The lowest BCUT2D eigenvalue weighted by atomic mass is 9.97. The summed E-state index contributed by atoms with van der Waals surface area (Å²) in [6.45, 7) is 8.36. The molecule has 9 heteroatoms. The van der Waals surface area contributed by atoms with Crippen LogP contribution in [0.5, 0.6) is 5.75 Å². The SMILES string of the molecule is [C-]#[N+]C(=C1CCN(C(=O)C(=O)c2c[nH]c3[nH+]ncc(OC)c23)CC1)c1ccccc1.[Cl-]. The van der Waals surface area contributed by atoms with Gasteiger partial charge >= 0.3 is 5.65 Å². The van der Waals surface area contributed by atoms with Gasteiger partial charge in [0.05, 0.1) is 19.2 Å². The average Bonchev–Trinajstić information content (AvgIpc) is 3.24. The van der Waals surface area contributed by atoms with Gasteiger partial charge in [-0.3, -0.25) is 9.59 Å². The van der Waals surface area contributed by atoms with Gasteiger partial charge in [-0.25, -0.2) is 9.83 Å². The summed E-state index contributed by atoms with van der Waals surface area (Å²) in [6.07, 6.45) is 4.10. The molecule has 0 unspecified atom stereocenters. The molecule has 2 aromatic heterocycles. The number of aromatic nitrogens is 3. The van der Waals surface area contributed by atoms with Crippen molar-refractivity contribution in [3.8, 4) is 5.75 Å². The number of hydrogen-bond donors (Lipinski definition) is 1. The monoisotopic (exact) mass is 437 g/mol. The number of nitrogens with one attached hydrogen (secondary N) is 2. The highest BCUT2D eigenvalue weighted by Crippen LogP contribution is 2.29. The average molecular weight is 438 g/mol. The fourth-order valence-corrected chi connectivity index (χ4v) is 3.74. The van der Waals surface area contributed by atoms with Crippen molar-refractivity contribution < 1.29 is 31.8 Å². The van der Waals surface area contributed by atoms with Crippen molar-refractivity contribution in [1.29, 1.82) is 0 Å². The Labute approximate surface area is 185 Å². The van der Waals surface area contributed by atoms with Gasteiger partial charge < -0.3 is 22.0 Å². The first-order chi connectivity index (χ1) is 14.6. The van der Waals surface area contributed by atoms with Crippen molar-refractivity contribution in [1.82, 2.24) is 15.0 Å². The third-order valence-corrected chi connectivity index (χ3v) is 5.29. The number of benzene rings is 1. The number of carbonyl (C=O) groups excluding carboxylic acids is 2. The molecular formula is C22H20ClN5O3. The molecule has 1 aromatic carbocycles. The van der Waals surface area contributed by atoms with Crippen molar-refractivity contribution in [3.63, 3.8) is 0 Å². The van der Waals surface area contributed by atoms with Gasteiger partial charge in [-0.05, 0) is 18.4 Å². The number of carbonyl (C=O) groups is 2. The first-order valence-corrected chi connectivity index (χ1v) is 9.54. The number of aromatic amines is 2. The molecule has 0 bridgehead atoms. The molecule has 0 saturated carbocycles. The Bertz CT molecular complexity index is 1190. The van der Waals surface area contributed by atoms with Crippen LogP contribution in [0.2, 0.25) is 0 Å². The number of likely N-dealkylation sites (tertiary alicyclic amines) is 1. The van der Waals surface area contributed by atoms with Crippen LogP contribution >= 0.6 is 0 Å². The lowest BCUT2D eigenvalue weighted by Gasteiger charge is -2.28. The third kappa shape index (κ3) is 4.13. The van der Waals surface area contributed by atoms with Crippen LogP contribution in [-0.2, 0) is 4.79 Å². The van der Waals surface area contributed by atoms with E-state index in [0.29, 0.717) is 48.4 Å². The van der Waals surface area contributed by atoms with E-state index in [0.717, 1.165) is 11.1 Å². The van der Waals surface area contributed by atoms with Gasteiger partial charge in [0.25, 0.3) is 11.7 Å². The molecule has 3 heterocycles. The molecule has 31 heavy (non-hydrogen) atoms. The molecule has 0 spiro atoms. The second-order valence-corrected chi connectivity index (χ2v) is 6.94. The van der Waals surface area contributed by atoms with Crippen molar-refractivity contribution in [3.05, 3.63) is 70.8 Å². The molecule has 8 nitrogen and oxygen atoms in total. The number of hydrogen-bond acceptors (Lipinski definition) is 4. The predicted molar refractivity (Wildman–Crippen MR) is 109 cm³/mol. The van der Waals surface area contributed by atoms with Crippen LogP contribution in [0.1, 0.15) is 28.8 Å². The fourth-order valence-electron chi connectivity index (χ4n) is 3.74. The normalized spacial score (nSPS) is 13.3. The number of piperidine rings is 1. The second-order valence-electron chi connectivity index (χ2n) is 6.94. The standard InChI is InChI=1S/C22H19N5O3.ClH/c1-23-19(14-6-4-3-5-7-14)15-8-10-27(11-9-15)22(29)20(28)16-12-24-21-18(16)17(30-2)13-25-26-21;/h3-7,12-13H,8-11H2,2H3,(H,24,26);1H. The Morgan fingerprint density at radius 1 is 1.23 bits per heavy atom. The Balaban J connectivity index is 0.00000272. The summed E-state index contributed by atoms with van der Waals surface area (Å²) in [7, 11) is 1.49. The molecule has 3 aromatic rings. The molecule has 0 atom stereocenters. The number of Topliss-reactive ketones (excluding diaryl/α,β-unsaturated/α-hetero) is 1. The van der Waals surface area contributed by atoms with Crippen LogP contribution in [0.15, 0.2) is 48.3 Å². The number of ketones is 1. The quantitative estimate of drug-likeness (QED) is 0.339. The number of nitrogens with zero attached hydrogens (tertiary/aromatic N) is 3. The predicted octanol–water partition coefficient (Wildman–Crippen LogP) is -0.475. The van der Waals surface area contributed by atoms with Gasteiger partial charge in [-0.15, -0.1) is 5.10 Å². The first kappa shape index (κ1) is 22.0. The summed E-state index contributed by atoms with van der Waals surface area (Å²) >= 11 is 0. The maximum Gasteiger partial charge on any atom is 0.309 e. The van der Waals surface area contributed by atoms with E-state index < -0.39 is 11.7 Å². The number of methoxy groups -OCH3 is 1. The van der Waals surface area contributed by atoms with E-state index in [1.165, 1.54) is 19.5 Å². The van der Waals surface area contributed by atoms with Crippen molar-refractivity contribution in [2.45, 2.75) is 12.8 Å². The van der Waals surface area contributed by atoms with E-state index in [4.69, 9.17) is 11.3 Å². The molecule has 158 valence electrons. The lowest BCUT2D eigenvalue weighted by Crippen LogP contribution is -3.00. The van der Waals surface area contributed by atoms with Gasteiger partial charge in [0, 0.05) is 13.1 Å². The minimum atomic E-state index is -0.597. The van der Waals surface area contributed by atoms with Crippen molar-refractivity contribution >= 4 is 28.4 Å². The molecule has 1 aliphatic heterocycles. The Morgan fingerprint density at radius 2 is 1.94 bits per heavy atom. The van der Waals surface area contributed by atoms with E-state index in [1.54, 1.807) is 4.90 Å². The maximum absolute atomic E-state index is 12.9. The zero-order valence-electron chi connectivity index (χ0n) is 16.8. The fraction of sp³-hybridized carbons (Fsp3) is 0.227. The summed E-state index contributed by atoms with van der Waals surface area (Å²) in [4.78, 5) is 34.0. The molecular weight excluding hydrogens is 418 g/mol. The van der Waals surface area contributed by atoms with E-state index in [9.17, 15) is 9.59 Å². The van der Waals surface area contributed by atoms with Crippen LogP contribution < -0.4 is 22.2 Å². The molecule has 1 fully saturated rings. The summed E-state index contributed by atoms with van der Waals surface area (Å²) in [6, 6.07) is 9.55. The Morgan fingerprint density at radius 3 is 2.58 bits per heavy atom. The minimum absolute atomic E-state index is 0. The van der Waals surface area contributed by atoms with Crippen molar-refractivity contribution in [2.75, 3.05) is 20.2 Å². The smallest absolute Gasteiger partial charge is 0.309 e. The van der Waals surface area contributed by atoms with E-state index in [-0.39, 0.29) is 18.0 Å². The van der Waals surface area contributed by atoms with Crippen LogP contribution in [0.3, 0.4) is 0 Å². The summed E-state index contributed by atoms with van der Waals surface area (Å²) in [5, 5.41) is 7.20. The second kappa shape index (κ2) is 9.41. The van der Waals surface area contributed by atoms with E-state index >= 15 is 0 Å². The highest BCUT2D eigenvalue weighted by atomic mass is 35.5. The number of ether oxygens (including phenoxy) is 1. The van der Waals surface area contributed by atoms with Gasteiger partial charge in [-0.2, -0.15) is 0 Å². The van der Waals surface area contributed by atoms with Crippen molar-refractivity contribution in [2.24, 2.45) is 0 Å². The Hall–Kier alpha value is -3.70. The van der Waals surface area contributed by atoms with Crippen LogP contribution in [-0.4, -0.2) is 46.9 Å². The largest absolute Gasteiger partial charge is 1.00 e. The molecule has 1 aliphatic rings. The molecule has 2 N–H and O–H groups in total. The molecule has 4 rings (SSSR count). The first-order valence-electron chi connectivity index (χ1n) is 9.54. The van der Waals surface area contributed by atoms with Crippen LogP contribution in [0.4, 0.5) is 0 Å². The maximum atomic E-state index is 12.9. The van der Waals surface area contributed by atoms with E-state index in [2.05, 4.69) is 20.0 Å². The lowest BCUT2D eigenvalue weighted by molar-refractivity contribution is -0.427. The zero-order valence-corrected chi connectivity index (χ0v) is 17.6. The van der Waals surface area contributed by atoms with Crippen LogP contribution in [0.25, 0.3) is 21.6 Å². The summed E-state index contributed by atoms with van der Waals surface area (Å²) < 4.78 is 5.28. The zero-order chi connectivity index (χ0) is 21.1. The number of fused-ring (bicyclic) bond motifs is 1. The molecule has 0 aliphatic carbocycles. The summed E-state index contributed by atoms with van der Waals surface area (Å²) in [5.74, 6) is -0.743. The minimum Gasteiger partial charge on any atom is -1.00 e. The molecule has 1 saturated heterocycles. The number of amides is 1. The molecule has 0 radical (unpaired) electrons.